The molecule has 1 amide bonds. The zero-order valence-electron chi connectivity index (χ0n) is 16.0. The molecule has 0 heterocycles. The van der Waals surface area contributed by atoms with Gasteiger partial charge in [0.15, 0.2) is 0 Å². The molecule has 2 rings (SSSR count). The van der Waals surface area contributed by atoms with Crippen LogP contribution in [0.2, 0.25) is 0 Å². The van der Waals surface area contributed by atoms with Crippen LogP contribution in [0.15, 0.2) is 46.9 Å². The average molecular weight is 449 g/mol. The van der Waals surface area contributed by atoms with Gasteiger partial charge in [0.2, 0.25) is 0 Å². The smallest absolute Gasteiger partial charge is 0.411 e. The van der Waals surface area contributed by atoms with Crippen LogP contribution < -0.4 is 11.1 Å². The molecule has 0 aliphatic rings. The Hall–Kier alpha value is -2.38. The number of amides is 1. The molecule has 0 aromatic heterocycles. The Labute approximate surface area is 173 Å². The van der Waals surface area contributed by atoms with Gasteiger partial charge in [-0.3, -0.25) is 10.1 Å². The Morgan fingerprint density at radius 2 is 1.96 bits per heavy atom. The Balaban J connectivity index is 1.85. The van der Waals surface area contributed by atoms with Crippen LogP contribution in [-0.4, -0.2) is 25.3 Å². The molecule has 0 spiro atoms. The second-order valence-corrected chi connectivity index (χ2v) is 7.24. The fourth-order valence-corrected chi connectivity index (χ4v) is 3.19. The van der Waals surface area contributed by atoms with E-state index in [1.165, 1.54) is 0 Å². The Morgan fingerprint density at radius 3 is 2.68 bits per heavy atom. The van der Waals surface area contributed by atoms with Crippen molar-refractivity contribution >= 4 is 33.7 Å². The zero-order valence-corrected chi connectivity index (χ0v) is 17.6. The van der Waals surface area contributed by atoms with E-state index in [9.17, 15) is 9.59 Å². The van der Waals surface area contributed by atoms with E-state index in [4.69, 9.17) is 15.2 Å². The lowest BCUT2D eigenvalue weighted by atomic mass is 10.0. The van der Waals surface area contributed by atoms with Crippen molar-refractivity contribution in [2.75, 3.05) is 18.5 Å². The molecule has 3 N–H and O–H groups in total. The quantitative estimate of drug-likeness (QED) is 0.579. The first kappa shape index (κ1) is 21.9. The van der Waals surface area contributed by atoms with Gasteiger partial charge in [0.05, 0.1) is 19.6 Å². The number of ether oxygens (including phenoxy) is 2. The molecule has 1 unspecified atom stereocenters. The molecule has 28 heavy (non-hydrogen) atoms. The molecular weight excluding hydrogens is 424 g/mol. The summed E-state index contributed by atoms with van der Waals surface area (Å²) in [7, 11) is 0. The average Bonchev–Trinajstić information content (AvgIpc) is 2.64. The number of hydrogen-bond acceptors (Lipinski definition) is 5. The number of carbonyl (C=O) groups excluding carboxylic acids is 2. The van der Waals surface area contributed by atoms with Crippen molar-refractivity contribution in [3.63, 3.8) is 0 Å². The van der Waals surface area contributed by atoms with Crippen molar-refractivity contribution in [2.24, 2.45) is 5.73 Å². The van der Waals surface area contributed by atoms with Crippen molar-refractivity contribution in [3.8, 4) is 0 Å². The largest absolute Gasteiger partial charge is 0.466 e. The predicted octanol–water partition coefficient (Wildman–Crippen LogP) is 4.50. The number of anilines is 1. The number of carbonyl (C=O) groups is 2. The molecule has 7 heteroatoms. The Morgan fingerprint density at radius 1 is 1.18 bits per heavy atom. The fourth-order valence-electron chi connectivity index (χ4n) is 2.71. The summed E-state index contributed by atoms with van der Waals surface area (Å²) in [6, 6.07) is 12.5. The van der Waals surface area contributed by atoms with Crippen molar-refractivity contribution < 1.29 is 19.1 Å². The Kier molecular flexibility index (Phi) is 8.47. The number of hydrogen-bond donors (Lipinski definition) is 2. The highest BCUT2D eigenvalue weighted by molar-refractivity contribution is 9.10. The molecule has 2 aromatic rings. The highest BCUT2D eigenvalue weighted by Gasteiger charge is 2.13. The van der Waals surface area contributed by atoms with Gasteiger partial charge in [-0.1, -0.05) is 34.1 Å². The molecule has 0 aliphatic heterocycles. The third kappa shape index (κ3) is 6.98. The normalized spacial score (nSPS) is 11.6. The highest BCUT2D eigenvalue weighted by atomic mass is 79.9. The Bertz CT molecular complexity index is 826. The number of nitrogens with one attached hydrogen (secondary N) is 1. The minimum Gasteiger partial charge on any atom is -0.466 e. The van der Waals surface area contributed by atoms with E-state index >= 15 is 0 Å². The molecule has 0 saturated heterocycles. The second-order valence-electron chi connectivity index (χ2n) is 6.32. The summed E-state index contributed by atoms with van der Waals surface area (Å²) >= 11 is 3.43. The van der Waals surface area contributed by atoms with Gasteiger partial charge in [-0.15, -0.1) is 0 Å². The number of halogens is 1. The van der Waals surface area contributed by atoms with Gasteiger partial charge in [-0.05, 0) is 54.8 Å². The summed E-state index contributed by atoms with van der Waals surface area (Å²) in [5.41, 5.74) is 9.61. The molecule has 0 fully saturated rings. The van der Waals surface area contributed by atoms with Gasteiger partial charge in [0, 0.05) is 22.6 Å². The van der Waals surface area contributed by atoms with Gasteiger partial charge >= 0.3 is 12.1 Å². The number of benzene rings is 2. The third-order valence-electron chi connectivity index (χ3n) is 4.16. The maximum absolute atomic E-state index is 12.0. The van der Waals surface area contributed by atoms with Crippen LogP contribution in [0.4, 0.5) is 10.5 Å². The SMILES string of the molecule is CCOC(=O)CC(N)c1cccc(NC(=O)OCCc2ccc(Br)cc2C)c1. The van der Waals surface area contributed by atoms with Crippen molar-refractivity contribution in [1.82, 2.24) is 0 Å². The molecular formula is C21H25BrN2O4. The van der Waals surface area contributed by atoms with Crippen molar-refractivity contribution in [1.29, 1.82) is 0 Å². The van der Waals surface area contributed by atoms with Crippen molar-refractivity contribution in [2.45, 2.75) is 32.7 Å². The van der Waals surface area contributed by atoms with Crippen LogP contribution in [0.3, 0.4) is 0 Å². The lowest BCUT2D eigenvalue weighted by Crippen LogP contribution is -2.18. The van der Waals surface area contributed by atoms with Crippen LogP contribution in [0.25, 0.3) is 0 Å². The summed E-state index contributed by atoms with van der Waals surface area (Å²) in [5.74, 6) is -0.351. The minimum absolute atomic E-state index is 0.0777. The van der Waals surface area contributed by atoms with Gasteiger partial charge in [0.1, 0.15) is 0 Å². The maximum Gasteiger partial charge on any atom is 0.411 e. The standard InChI is InChI=1S/C21H25BrN2O4/c1-3-27-20(25)13-19(23)16-5-4-6-18(12-16)24-21(26)28-10-9-15-7-8-17(22)11-14(15)2/h4-8,11-12,19H,3,9-10,13,23H2,1-2H3,(H,24,26). The van der Waals surface area contributed by atoms with Crippen LogP contribution in [0.1, 0.15) is 36.1 Å². The zero-order chi connectivity index (χ0) is 20.5. The first-order valence-corrected chi connectivity index (χ1v) is 9.88. The summed E-state index contributed by atoms with van der Waals surface area (Å²) in [4.78, 5) is 23.6. The molecule has 0 bridgehead atoms. The first-order chi connectivity index (χ1) is 13.4. The highest BCUT2D eigenvalue weighted by Crippen LogP contribution is 2.19. The van der Waals surface area contributed by atoms with Gasteiger partial charge in [0.25, 0.3) is 0 Å². The number of esters is 1. The molecule has 6 nitrogen and oxygen atoms in total. The topological polar surface area (TPSA) is 90.6 Å². The summed E-state index contributed by atoms with van der Waals surface area (Å²) in [6.45, 7) is 4.36. The molecule has 1 atom stereocenters. The lowest BCUT2D eigenvalue weighted by Gasteiger charge is -2.13. The summed E-state index contributed by atoms with van der Waals surface area (Å²) < 4.78 is 11.2. The monoisotopic (exact) mass is 448 g/mol. The molecule has 2 aromatic carbocycles. The molecule has 0 saturated carbocycles. The van der Waals surface area contributed by atoms with Gasteiger partial charge < -0.3 is 15.2 Å². The molecule has 150 valence electrons. The van der Waals surface area contributed by atoms with E-state index in [-0.39, 0.29) is 19.0 Å². The van der Waals surface area contributed by atoms with E-state index in [0.29, 0.717) is 18.7 Å². The van der Waals surface area contributed by atoms with Gasteiger partial charge in [-0.2, -0.15) is 0 Å². The number of rotatable bonds is 8. The lowest BCUT2D eigenvalue weighted by molar-refractivity contribution is -0.143. The third-order valence-corrected chi connectivity index (χ3v) is 4.66. The molecule has 0 aliphatic carbocycles. The number of aryl methyl sites for hydroxylation is 1. The van der Waals surface area contributed by atoms with E-state index in [2.05, 4.69) is 21.2 Å². The first-order valence-electron chi connectivity index (χ1n) is 9.09. The predicted molar refractivity (Wildman–Crippen MR) is 112 cm³/mol. The summed E-state index contributed by atoms with van der Waals surface area (Å²) in [5, 5.41) is 2.69. The molecule has 0 radical (unpaired) electrons. The minimum atomic E-state index is -0.536. The second kappa shape index (κ2) is 10.8. The fraction of sp³-hybridized carbons (Fsp3) is 0.333. The van der Waals surface area contributed by atoms with E-state index < -0.39 is 12.1 Å². The summed E-state index contributed by atoms with van der Waals surface area (Å²) in [6.07, 6.45) is 0.177. The maximum atomic E-state index is 12.0. The van der Waals surface area contributed by atoms with E-state index in [0.717, 1.165) is 21.2 Å². The van der Waals surface area contributed by atoms with Crippen LogP contribution in [0, 0.1) is 6.92 Å². The van der Waals surface area contributed by atoms with Crippen LogP contribution >= 0.6 is 15.9 Å². The van der Waals surface area contributed by atoms with Crippen LogP contribution in [0.5, 0.6) is 0 Å². The van der Waals surface area contributed by atoms with Crippen LogP contribution in [-0.2, 0) is 20.7 Å². The van der Waals surface area contributed by atoms with Crippen molar-refractivity contribution in [3.05, 3.63) is 63.6 Å². The van der Waals surface area contributed by atoms with E-state index in [1.54, 1.807) is 31.2 Å². The van der Waals surface area contributed by atoms with E-state index in [1.807, 2.05) is 25.1 Å². The van der Waals surface area contributed by atoms with Gasteiger partial charge in [-0.25, -0.2) is 4.79 Å². The number of nitrogens with two attached hydrogens (primary N) is 1.